The highest BCUT2D eigenvalue weighted by Crippen LogP contribution is 2.34. The number of nitrogens with one attached hydrogen (secondary N) is 1. The van der Waals surface area contributed by atoms with Crippen LogP contribution in [0.1, 0.15) is 46.4 Å². The highest BCUT2D eigenvalue weighted by molar-refractivity contribution is 6.04. The van der Waals surface area contributed by atoms with E-state index >= 15 is 0 Å². The van der Waals surface area contributed by atoms with Crippen molar-refractivity contribution in [1.29, 1.82) is 0 Å². The SMILES string of the molecule is N[C@H](C(=O)N1CCC[C@H]1c1cccc(F)c1)c1ccc(C(=O)Nc2ccncc2)cc1. The number of rotatable bonds is 5. The number of aromatic nitrogens is 1. The van der Waals surface area contributed by atoms with Crippen LogP contribution >= 0.6 is 0 Å². The molecule has 2 heterocycles. The summed E-state index contributed by atoms with van der Waals surface area (Å²) >= 11 is 0. The number of hydrogen-bond donors (Lipinski definition) is 2. The van der Waals surface area contributed by atoms with Crippen LogP contribution < -0.4 is 11.1 Å². The first-order chi connectivity index (χ1) is 15.0. The first-order valence-corrected chi connectivity index (χ1v) is 10.2. The van der Waals surface area contributed by atoms with Gasteiger partial charge in [0, 0.05) is 30.2 Å². The van der Waals surface area contributed by atoms with Crippen LogP contribution in [0.3, 0.4) is 0 Å². The maximum atomic E-state index is 13.6. The van der Waals surface area contributed by atoms with Gasteiger partial charge >= 0.3 is 0 Å². The van der Waals surface area contributed by atoms with Crippen LogP contribution in [0, 0.1) is 5.82 Å². The number of likely N-dealkylation sites (tertiary alicyclic amines) is 1. The third-order valence-electron chi connectivity index (χ3n) is 5.51. The lowest BCUT2D eigenvalue weighted by molar-refractivity contribution is -0.133. The van der Waals surface area contributed by atoms with Crippen molar-refractivity contribution in [2.45, 2.75) is 24.9 Å². The number of nitrogens with zero attached hydrogens (tertiary/aromatic N) is 2. The van der Waals surface area contributed by atoms with Crippen LogP contribution in [0.5, 0.6) is 0 Å². The topological polar surface area (TPSA) is 88.3 Å². The average molecular weight is 418 g/mol. The summed E-state index contributed by atoms with van der Waals surface area (Å²) in [6, 6.07) is 15.4. The molecular weight excluding hydrogens is 395 g/mol. The Bertz CT molecular complexity index is 1070. The van der Waals surface area contributed by atoms with Crippen LogP contribution in [-0.2, 0) is 4.79 Å². The second-order valence-corrected chi connectivity index (χ2v) is 7.53. The second-order valence-electron chi connectivity index (χ2n) is 7.53. The molecule has 1 fully saturated rings. The fourth-order valence-electron chi connectivity index (χ4n) is 3.89. The van der Waals surface area contributed by atoms with Crippen molar-refractivity contribution in [3.63, 3.8) is 0 Å². The summed E-state index contributed by atoms with van der Waals surface area (Å²) in [5.41, 5.74) is 8.77. The standard InChI is InChI=1S/C24H23FN4O2/c25-19-4-1-3-18(15-19)21-5-2-14-29(21)24(31)22(26)16-6-8-17(9-7-16)23(30)28-20-10-12-27-13-11-20/h1,3-4,6-13,15,21-22H,2,5,14,26H2,(H,27,28,30)/t21-,22-/m0/s1. The summed E-state index contributed by atoms with van der Waals surface area (Å²) in [5.74, 6) is -0.786. The van der Waals surface area contributed by atoms with E-state index in [2.05, 4.69) is 10.3 Å². The lowest BCUT2D eigenvalue weighted by Gasteiger charge is -2.28. The molecule has 4 rings (SSSR count). The number of hydrogen-bond acceptors (Lipinski definition) is 4. The molecule has 158 valence electrons. The molecule has 1 saturated heterocycles. The lowest BCUT2D eigenvalue weighted by Crippen LogP contribution is -2.38. The first-order valence-electron chi connectivity index (χ1n) is 10.2. The minimum Gasteiger partial charge on any atom is -0.334 e. The smallest absolute Gasteiger partial charge is 0.255 e. The molecule has 2 aromatic carbocycles. The Morgan fingerprint density at radius 3 is 2.55 bits per heavy atom. The number of carbonyl (C=O) groups is 2. The minimum absolute atomic E-state index is 0.181. The van der Waals surface area contributed by atoms with Gasteiger partial charge in [-0.3, -0.25) is 14.6 Å². The molecule has 2 amide bonds. The van der Waals surface area contributed by atoms with Crippen LogP contribution in [0.2, 0.25) is 0 Å². The number of halogens is 1. The number of benzene rings is 2. The fourth-order valence-corrected chi connectivity index (χ4v) is 3.89. The number of carbonyl (C=O) groups excluding carboxylic acids is 2. The molecular formula is C24H23FN4O2. The second kappa shape index (κ2) is 9.06. The molecule has 1 aromatic heterocycles. The van der Waals surface area contributed by atoms with E-state index in [1.165, 1.54) is 12.1 Å². The molecule has 1 aliphatic rings. The van der Waals surface area contributed by atoms with Crippen molar-refractivity contribution in [3.8, 4) is 0 Å². The zero-order valence-electron chi connectivity index (χ0n) is 16.9. The normalized spacial score (nSPS) is 16.7. The summed E-state index contributed by atoms with van der Waals surface area (Å²) in [6.45, 7) is 0.583. The number of pyridine rings is 1. The predicted molar refractivity (Wildman–Crippen MR) is 116 cm³/mol. The molecule has 3 N–H and O–H groups in total. The Balaban J connectivity index is 1.45. The van der Waals surface area contributed by atoms with Gasteiger partial charge in [-0.05, 0) is 60.4 Å². The summed E-state index contributed by atoms with van der Waals surface area (Å²) in [6.07, 6.45) is 4.81. The van der Waals surface area contributed by atoms with Gasteiger partial charge in [0.15, 0.2) is 0 Å². The van der Waals surface area contributed by atoms with Crippen molar-refractivity contribution >= 4 is 17.5 Å². The first kappa shape index (κ1) is 20.7. The van der Waals surface area contributed by atoms with Gasteiger partial charge < -0.3 is 16.0 Å². The Kier molecular flexibility index (Phi) is 6.04. The highest BCUT2D eigenvalue weighted by Gasteiger charge is 2.33. The van der Waals surface area contributed by atoms with E-state index in [9.17, 15) is 14.0 Å². The van der Waals surface area contributed by atoms with Crippen molar-refractivity contribution < 1.29 is 14.0 Å². The van der Waals surface area contributed by atoms with Gasteiger partial charge in [0.05, 0.1) is 6.04 Å². The zero-order chi connectivity index (χ0) is 21.8. The highest BCUT2D eigenvalue weighted by atomic mass is 19.1. The van der Waals surface area contributed by atoms with Gasteiger partial charge in [-0.1, -0.05) is 24.3 Å². The Morgan fingerprint density at radius 1 is 1.10 bits per heavy atom. The molecule has 7 heteroatoms. The van der Waals surface area contributed by atoms with E-state index in [0.717, 1.165) is 18.4 Å². The monoisotopic (exact) mass is 418 g/mol. The molecule has 1 aliphatic heterocycles. The fraction of sp³-hybridized carbons (Fsp3) is 0.208. The van der Waals surface area contributed by atoms with Crippen LogP contribution in [0.15, 0.2) is 73.1 Å². The molecule has 0 unspecified atom stereocenters. The van der Waals surface area contributed by atoms with Gasteiger partial charge in [-0.2, -0.15) is 0 Å². The third-order valence-corrected chi connectivity index (χ3v) is 5.51. The van der Waals surface area contributed by atoms with Crippen molar-refractivity contribution in [3.05, 3.63) is 95.6 Å². The quantitative estimate of drug-likeness (QED) is 0.659. The van der Waals surface area contributed by atoms with Crippen LogP contribution in [0.4, 0.5) is 10.1 Å². The van der Waals surface area contributed by atoms with Crippen LogP contribution in [-0.4, -0.2) is 28.2 Å². The van der Waals surface area contributed by atoms with E-state index in [-0.39, 0.29) is 23.7 Å². The Hall–Kier alpha value is -3.58. The average Bonchev–Trinajstić information content (AvgIpc) is 3.29. The molecule has 0 spiro atoms. The molecule has 2 atom stereocenters. The lowest BCUT2D eigenvalue weighted by atomic mass is 10.0. The largest absolute Gasteiger partial charge is 0.334 e. The van der Waals surface area contributed by atoms with E-state index in [4.69, 9.17) is 5.73 Å². The van der Waals surface area contributed by atoms with Crippen molar-refractivity contribution in [2.24, 2.45) is 5.73 Å². The molecule has 0 saturated carbocycles. The molecule has 3 aromatic rings. The van der Waals surface area contributed by atoms with Crippen molar-refractivity contribution in [1.82, 2.24) is 9.88 Å². The van der Waals surface area contributed by atoms with Gasteiger partial charge in [0.2, 0.25) is 5.91 Å². The summed E-state index contributed by atoms with van der Waals surface area (Å²) in [7, 11) is 0. The van der Waals surface area contributed by atoms with E-state index in [1.807, 2.05) is 6.07 Å². The van der Waals surface area contributed by atoms with Crippen LogP contribution in [0.25, 0.3) is 0 Å². The maximum absolute atomic E-state index is 13.6. The molecule has 0 bridgehead atoms. The number of amides is 2. The maximum Gasteiger partial charge on any atom is 0.255 e. The minimum atomic E-state index is -0.855. The van der Waals surface area contributed by atoms with Gasteiger partial charge in [0.1, 0.15) is 11.9 Å². The summed E-state index contributed by atoms with van der Waals surface area (Å²) in [4.78, 5) is 31.1. The summed E-state index contributed by atoms with van der Waals surface area (Å²) < 4.78 is 13.6. The molecule has 0 aliphatic carbocycles. The molecule has 6 nitrogen and oxygen atoms in total. The Labute approximate surface area is 179 Å². The Morgan fingerprint density at radius 2 is 1.84 bits per heavy atom. The number of anilines is 1. The van der Waals surface area contributed by atoms with Crippen molar-refractivity contribution in [2.75, 3.05) is 11.9 Å². The van der Waals surface area contributed by atoms with Gasteiger partial charge in [-0.15, -0.1) is 0 Å². The molecule has 31 heavy (non-hydrogen) atoms. The third kappa shape index (κ3) is 4.62. The van der Waals surface area contributed by atoms with E-state index in [0.29, 0.717) is 23.4 Å². The van der Waals surface area contributed by atoms with E-state index in [1.54, 1.807) is 59.8 Å². The van der Waals surface area contributed by atoms with Gasteiger partial charge in [0.25, 0.3) is 5.91 Å². The molecule has 0 radical (unpaired) electrons. The predicted octanol–water partition coefficient (Wildman–Crippen LogP) is 3.84. The van der Waals surface area contributed by atoms with Gasteiger partial charge in [-0.25, -0.2) is 4.39 Å². The zero-order valence-corrected chi connectivity index (χ0v) is 16.9. The van der Waals surface area contributed by atoms with E-state index < -0.39 is 6.04 Å². The summed E-state index contributed by atoms with van der Waals surface area (Å²) in [5, 5.41) is 2.79. The number of nitrogens with two attached hydrogens (primary N) is 1.